The molecule has 146 valence electrons. The normalized spacial score (nSPS) is 12.2. The Bertz CT molecular complexity index is 910. The van der Waals surface area contributed by atoms with Crippen LogP contribution in [-0.4, -0.2) is 32.2 Å². The first-order chi connectivity index (χ1) is 12.6. The Morgan fingerprint density at radius 2 is 1.67 bits per heavy atom. The fraction of sp³-hybridized carbons (Fsp3) is 0.278. The van der Waals surface area contributed by atoms with Crippen LogP contribution in [0.2, 0.25) is 0 Å². The summed E-state index contributed by atoms with van der Waals surface area (Å²) in [5.41, 5.74) is 0.544. The van der Waals surface area contributed by atoms with Crippen LogP contribution in [0.4, 0.5) is 18.9 Å². The smallest absolute Gasteiger partial charge is 0.325 e. The highest BCUT2D eigenvalue weighted by molar-refractivity contribution is 7.89. The number of nitrogens with zero attached hydrogens (tertiary/aromatic N) is 1. The van der Waals surface area contributed by atoms with E-state index in [4.69, 9.17) is 0 Å². The highest BCUT2D eigenvalue weighted by Gasteiger charge is 2.31. The second-order valence-corrected chi connectivity index (χ2v) is 7.89. The van der Waals surface area contributed by atoms with Crippen molar-refractivity contribution in [3.8, 4) is 0 Å². The van der Waals surface area contributed by atoms with Crippen LogP contribution in [0.15, 0.2) is 53.4 Å². The lowest BCUT2D eigenvalue weighted by atomic mass is 10.1. The maximum absolute atomic E-state index is 12.6. The van der Waals surface area contributed by atoms with Crippen molar-refractivity contribution in [2.24, 2.45) is 0 Å². The van der Waals surface area contributed by atoms with Gasteiger partial charge in [-0.15, -0.1) is 0 Å². The monoisotopic (exact) mass is 400 g/mol. The van der Waals surface area contributed by atoms with Gasteiger partial charge in [-0.25, -0.2) is 8.42 Å². The molecule has 2 rings (SSSR count). The predicted octanol–water partition coefficient (Wildman–Crippen LogP) is 3.53. The molecule has 27 heavy (non-hydrogen) atoms. The number of amides is 1. The average Bonchev–Trinajstić information content (AvgIpc) is 2.61. The molecule has 2 aromatic carbocycles. The van der Waals surface area contributed by atoms with Gasteiger partial charge in [0.25, 0.3) is 0 Å². The highest BCUT2D eigenvalue weighted by atomic mass is 32.2. The number of nitrogens with one attached hydrogen (secondary N) is 1. The number of rotatable bonds is 6. The van der Waals surface area contributed by atoms with Crippen molar-refractivity contribution in [2.75, 3.05) is 18.9 Å². The number of carbonyl (C=O) groups is 1. The Morgan fingerprint density at radius 3 is 2.22 bits per heavy atom. The van der Waals surface area contributed by atoms with Crippen LogP contribution < -0.4 is 5.32 Å². The molecule has 0 bridgehead atoms. The van der Waals surface area contributed by atoms with E-state index in [0.717, 1.165) is 22.0 Å². The topological polar surface area (TPSA) is 66.5 Å². The molecule has 0 saturated carbocycles. The number of carbonyl (C=O) groups excluding carboxylic acids is 1. The summed E-state index contributed by atoms with van der Waals surface area (Å²) in [7, 11) is -2.91. The quantitative estimate of drug-likeness (QED) is 0.807. The molecule has 0 aliphatic carbocycles. The third kappa shape index (κ3) is 5.08. The number of hydrogen-bond donors (Lipinski definition) is 1. The molecule has 0 spiro atoms. The second kappa shape index (κ2) is 8.10. The molecule has 0 radical (unpaired) electrons. The molecular formula is C18H19F3N2O3S. The molecule has 2 aromatic rings. The van der Waals surface area contributed by atoms with Gasteiger partial charge < -0.3 is 5.32 Å². The summed E-state index contributed by atoms with van der Waals surface area (Å²) in [5, 5.41) is 2.65. The van der Waals surface area contributed by atoms with E-state index in [2.05, 4.69) is 5.32 Å². The Morgan fingerprint density at radius 1 is 1.07 bits per heavy atom. The number of benzene rings is 2. The minimum Gasteiger partial charge on any atom is -0.325 e. The first-order valence-corrected chi connectivity index (χ1v) is 9.51. The summed E-state index contributed by atoms with van der Waals surface area (Å²) in [4.78, 5) is 11.9. The number of hydrogen-bond acceptors (Lipinski definition) is 3. The molecule has 0 atom stereocenters. The lowest BCUT2D eigenvalue weighted by molar-refractivity contribution is -0.137. The Kier molecular flexibility index (Phi) is 6.27. The fourth-order valence-electron chi connectivity index (χ4n) is 2.42. The van der Waals surface area contributed by atoms with Gasteiger partial charge in [0, 0.05) is 12.7 Å². The number of para-hydroxylation sites is 1. The lowest BCUT2D eigenvalue weighted by Crippen LogP contribution is -2.35. The van der Waals surface area contributed by atoms with Crippen molar-refractivity contribution in [3.05, 3.63) is 59.7 Å². The average molecular weight is 400 g/mol. The van der Waals surface area contributed by atoms with Gasteiger partial charge >= 0.3 is 6.18 Å². The third-order valence-electron chi connectivity index (χ3n) is 3.93. The first-order valence-electron chi connectivity index (χ1n) is 8.07. The lowest BCUT2D eigenvalue weighted by Gasteiger charge is -2.18. The van der Waals surface area contributed by atoms with Crippen molar-refractivity contribution >= 4 is 21.6 Å². The minimum absolute atomic E-state index is 0.320. The van der Waals surface area contributed by atoms with Crippen molar-refractivity contribution in [3.63, 3.8) is 0 Å². The largest absolute Gasteiger partial charge is 0.416 e. The molecule has 1 N–H and O–H groups in total. The standard InChI is InChI=1S/C18H19F3N2O3S/c1-3-13-6-4-5-7-16(13)22-17(24)12-23(2)27(25,26)15-10-8-14(9-11-15)18(19,20)21/h4-11H,3,12H2,1-2H3,(H,22,24). The van der Waals surface area contributed by atoms with Gasteiger partial charge in [-0.2, -0.15) is 17.5 Å². The SMILES string of the molecule is CCc1ccccc1NC(=O)CN(C)S(=O)(=O)c1ccc(C(F)(F)F)cc1. The predicted molar refractivity (Wildman–Crippen MR) is 95.7 cm³/mol. The molecule has 1 amide bonds. The summed E-state index contributed by atoms with van der Waals surface area (Å²) in [6, 6.07) is 10.3. The van der Waals surface area contributed by atoms with E-state index in [9.17, 15) is 26.4 Å². The molecule has 0 fully saturated rings. The van der Waals surface area contributed by atoms with Crippen LogP contribution >= 0.6 is 0 Å². The summed E-state index contributed by atoms with van der Waals surface area (Å²) < 4.78 is 63.5. The molecule has 0 aromatic heterocycles. The summed E-state index contributed by atoms with van der Waals surface area (Å²) in [6.07, 6.45) is -3.86. The summed E-state index contributed by atoms with van der Waals surface area (Å²) in [6.45, 7) is 1.45. The van der Waals surface area contributed by atoms with Gasteiger partial charge in [-0.05, 0) is 42.3 Å². The van der Waals surface area contributed by atoms with Crippen molar-refractivity contribution in [1.29, 1.82) is 0 Å². The molecule has 0 heterocycles. The van der Waals surface area contributed by atoms with E-state index >= 15 is 0 Å². The molecule has 9 heteroatoms. The Labute approximate surface area is 155 Å². The minimum atomic E-state index is -4.55. The summed E-state index contributed by atoms with van der Waals surface area (Å²) in [5.74, 6) is -0.547. The Hall–Kier alpha value is -2.39. The van der Waals surface area contributed by atoms with Crippen LogP contribution in [-0.2, 0) is 27.4 Å². The number of alkyl halides is 3. The van der Waals surface area contributed by atoms with Crippen LogP contribution in [0.3, 0.4) is 0 Å². The van der Waals surface area contributed by atoms with Crippen LogP contribution in [0, 0.1) is 0 Å². The number of likely N-dealkylation sites (N-methyl/N-ethyl adjacent to an activating group) is 1. The fourth-order valence-corrected chi connectivity index (χ4v) is 3.55. The summed E-state index contributed by atoms with van der Waals surface area (Å²) >= 11 is 0. The van der Waals surface area contributed by atoms with E-state index in [1.54, 1.807) is 12.1 Å². The van der Waals surface area contributed by atoms with Crippen molar-refractivity contribution < 1.29 is 26.4 Å². The van der Waals surface area contributed by atoms with Crippen molar-refractivity contribution in [2.45, 2.75) is 24.4 Å². The molecule has 0 unspecified atom stereocenters. The van der Waals surface area contributed by atoms with E-state index in [1.807, 2.05) is 19.1 Å². The zero-order chi connectivity index (χ0) is 20.2. The molecular weight excluding hydrogens is 381 g/mol. The molecule has 5 nitrogen and oxygen atoms in total. The second-order valence-electron chi connectivity index (χ2n) is 5.84. The number of halogens is 3. The number of aryl methyl sites for hydroxylation is 1. The van der Waals surface area contributed by atoms with Gasteiger partial charge in [-0.3, -0.25) is 4.79 Å². The molecule has 0 aliphatic heterocycles. The zero-order valence-corrected chi connectivity index (χ0v) is 15.6. The van der Waals surface area contributed by atoms with Crippen LogP contribution in [0.1, 0.15) is 18.1 Å². The van der Waals surface area contributed by atoms with Crippen LogP contribution in [0.5, 0.6) is 0 Å². The van der Waals surface area contributed by atoms with Gasteiger partial charge in [0.1, 0.15) is 0 Å². The first kappa shape index (κ1) is 20.9. The maximum Gasteiger partial charge on any atom is 0.416 e. The zero-order valence-electron chi connectivity index (χ0n) is 14.7. The molecule has 0 saturated heterocycles. The van der Waals surface area contributed by atoms with Gasteiger partial charge in [-0.1, -0.05) is 25.1 Å². The number of sulfonamides is 1. The van der Waals surface area contributed by atoms with Crippen LogP contribution in [0.25, 0.3) is 0 Å². The van der Waals surface area contributed by atoms with E-state index < -0.39 is 34.2 Å². The highest BCUT2D eigenvalue weighted by Crippen LogP contribution is 2.30. The van der Waals surface area contributed by atoms with Gasteiger partial charge in [0.15, 0.2) is 0 Å². The Balaban J connectivity index is 2.11. The van der Waals surface area contributed by atoms with E-state index in [-0.39, 0.29) is 4.90 Å². The third-order valence-corrected chi connectivity index (χ3v) is 5.75. The molecule has 0 aliphatic rings. The number of anilines is 1. The van der Waals surface area contributed by atoms with Gasteiger partial charge in [0.05, 0.1) is 17.0 Å². The van der Waals surface area contributed by atoms with Gasteiger partial charge in [0.2, 0.25) is 15.9 Å². The van der Waals surface area contributed by atoms with E-state index in [0.29, 0.717) is 24.2 Å². The van der Waals surface area contributed by atoms with E-state index in [1.165, 1.54) is 7.05 Å². The maximum atomic E-state index is 12.6. The van der Waals surface area contributed by atoms with Crippen molar-refractivity contribution in [1.82, 2.24) is 4.31 Å².